The summed E-state index contributed by atoms with van der Waals surface area (Å²) in [5, 5.41) is 0. The molecule has 0 N–H and O–H groups in total. The number of nitrogens with zero attached hydrogens (tertiary/aromatic N) is 2. The van der Waals surface area contributed by atoms with Crippen molar-refractivity contribution in [2.24, 2.45) is 0 Å². The van der Waals surface area contributed by atoms with Crippen molar-refractivity contribution in [3.8, 4) is 0 Å². The summed E-state index contributed by atoms with van der Waals surface area (Å²) in [6, 6.07) is 15.8. The molecule has 0 bridgehead atoms. The van der Waals surface area contributed by atoms with Gasteiger partial charge < -0.3 is 9.47 Å². The molecular formula is C27H22N2O5S. The molecule has 1 aliphatic heterocycles. The van der Waals surface area contributed by atoms with Crippen LogP contribution in [0.1, 0.15) is 67.1 Å². The normalized spacial score (nSPS) is 16.9. The van der Waals surface area contributed by atoms with Gasteiger partial charge in [0.2, 0.25) is 0 Å². The van der Waals surface area contributed by atoms with Crippen LogP contribution in [0.25, 0.3) is 4.96 Å². The third-order valence-corrected chi connectivity index (χ3v) is 7.70. The Bertz CT molecular complexity index is 1520. The van der Waals surface area contributed by atoms with Crippen LogP contribution in [0.3, 0.4) is 0 Å². The van der Waals surface area contributed by atoms with Gasteiger partial charge in [-0.15, -0.1) is 11.3 Å². The minimum absolute atomic E-state index is 0.0983. The maximum Gasteiger partial charge on any atom is 0.339 e. The lowest BCUT2D eigenvalue weighted by atomic mass is 9.93. The zero-order chi connectivity index (χ0) is 23.9. The molecule has 4 aromatic rings. The zero-order valence-corrected chi connectivity index (χ0v) is 19.7. The van der Waals surface area contributed by atoms with E-state index in [1.807, 2.05) is 30.3 Å². The SMILES string of the molecule is O=C(OCc1cc(=O)n2c3c(sc2n1)CCCC3)c1ccc2c(c1)CC(c1ccccc1)OC2=O. The summed E-state index contributed by atoms with van der Waals surface area (Å²) in [5.74, 6) is -0.938. The smallest absolute Gasteiger partial charge is 0.339 e. The largest absolute Gasteiger partial charge is 0.456 e. The van der Waals surface area contributed by atoms with E-state index >= 15 is 0 Å². The molecule has 0 fully saturated rings. The van der Waals surface area contributed by atoms with Crippen molar-refractivity contribution in [1.82, 2.24) is 9.38 Å². The molecule has 0 radical (unpaired) electrons. The first-order valence-electron chi connectivity index (χ1n) is 11.7. The molecule has 176 valence electrons. The highest BCUT2D eigenvalue weighted by Gasteiger charge is 2.28. The number of hydrogen-bond donors (Lipinski definition) is 0. The van der Waals surface area contributed by atoms with Gasteiger partial charge in [0.15, 0.2) is 4.96 Å². The molecule has 2 aromatic heterocycles. The molecule has 0 saturated heterocycles. The molecule has 3 heterocycles. The van der Waals surface area contributed by atoms with E-state index in [-0.39, 0.29) is 12.2 Å². The van der Waals surface area contributed by atoms with Gasteiger partial charge in [-0.05, 0) is 55.0 Å². The van der Waals surface area contributed by atoms with E-state index in [0.717, 1.165) is 42.5 Å². The summed E-state index contributed by atoms with van der Waals surface area (Å²) in [4.78, 5) is 44.5. The Kier molecular flexibility index (Phi) is 5.45. The second-order valence-corrected chi connectivity index (χ2v) is 9.90. The third-order valence-electron chi connectivity index (χ3n) is 6.55. The molecule has 35 heavy (non-hydrogen) atoms. The number of hydrogen-bond acceptors (Lipinski definition) is 7. The number of aromatic nitrogens is 2. The fourth-order valence-electron chi connectivity index (χ4n) is 4.81. The maximum absolute atomic E-state index is 12.8. The van der Waals surface area contributed by atoms with Crippen LogP contribution in [0.5, 0.6) is 0 Å². The van der Waals surface area contributed by atoms with E-state index in [1.54, 1.807) is 33.9 Å². The lowest BCUT2D eigenvalue weighted by Crippen LogP contribution is -2.22. The fourth-order valence-corrected chi connectivity index (χ4v) is 6.05. The first kappa shape index (κ1) is 21.7. The van der Waals surface area contributed by atoms with E-state index < -0.39 is 18.0 Å². The fraction of sp³-hybridized carbons (Fsp3) is 0.259. The molecule has 7 nitrogen and oxygen atoms in total. The van der Waals surface area contributed by atoms with Gasteiger partial charge in [0.1, 0.15) is 12.7 Å². The summed E-state index contributed by atoms with van der Waals surface area (Å²) < 4.78 is 12.8. The van der Waals surface area contributed by atoms with E-state index in [4.69, 9.17) is 9.47 Å². The van der Waals surface area contributed by atoms with Gasteiger partial charge in [-0.25, -0.2) is 14.6 Å². The summed E-state index contributed by atoms with van der Waals surface area (Å²) in [5.41, 5.74) is 3.80. The van der Waals surface area contributed by atoms with Crippen molar-refractivity contribution in [3.05, 3.63) is 103 Å². The number of aryl methyl sites for hydroxylation is 2. The average Bonchev–Trinajstić information content (AvgIpc) is 3.26. The molecule has 2 aromatic carbocycles. The van der Waals surface area contributed by atoms with E-state index in [2.05, 4.69) is 4.98 Å². The second kappa shape index (κ2) is 8.78. The number of carbonyl (C=O) groups excluding carboxylic acids is 2. The molecule has 2 aliphatic rings. The molecular weight excluding hydrogens is 464 g/mol. The Labute approximate surface area is 205 Å². The zero-order valence-electron chi connectivity index (χ0n) is 18.9. The van der Waals surface area contributed by atoms with Gasteiger partial charge in [-0.2, -0.15) is 0 Å². The third kappa shape index (κ3) is 4.04. The Morgan fingerprint density at radius 1 is 1.09 bits per heavy atom. The van der Waals surface area contributed by atoms with Crippen LogP contribution in [0, 0.1) is 0 Å². The van der Waals surface area contributed by atoms with Gasteiger partial charge in [0.05, 0.1) is 16.8 Å². The van der Waals surface area contributed by atoms with Gasteiger partial charge in [0.25, 0.3) is 5.56 Å². The van der Waals surface area contributed by atoms with Crippen molar-refractivity contribution in [1.29, 1.82) is 0 Å². The molecule has 8 heteroatoms. The van der Waals surface area contributed by atoms with Gasteiger partial charge in [0, 0.05) is 23.1 Å². The molecule has 0 spiro atoms. The van der Waals surface area contributed by atoms with Crippen molar-refractivity contribution in [2.75, 3.05) is 0 Å². The summed E-state index contributed by atoms with van der Waals surface area (Å²) in [6.07, 6.45) is 4.15. The molecule has 1 atom stereocenters. The minimum atomic E-state index is -0.532. The van der Waals surface area contributed by atoms with Gasteiger partial charge >= 0.3 is 11.9 Å². The predicted molar refractivity (Wildman–Crippen MR) is 130 cm³/mol. The van der Waals surface area contributed by atoms with Crippen molar-refractivity contribution < 1.29 is 19.1 Å². The van der Waals surface area contributed by atoms with Crippen molar-refractivity contribution in [3.63, 3.8) is 0 Å². The van der Waals surface area contributed by atoms with E-state index in [9.17, 15) is 14.4 Å². The quantitative estimate of drug-likeness (QED) is 0.396. The Morgan fingerprint density at radius 3 is 2.77 bits per heavy atom. The summed E-state index contributed by atoms with van der Waals surface area (Å²) in [7, 11) is 0. The number of rotatable bonds is 4. The monoisotopic (exact) mass is 486 g/mol. The first-order valence-corrected chi connectivity index (χ1v) is 12.5. The lowest BCUT2D eigenvalue weighted by Gasteiger charge is -2.25. The minimum Gasteiger partial charge on any atom is -0.456 e. The highest BCUT2D eigenvalue weighted by atomic mass is 32.1. The molecule has 0 saturated carbocycles. The molecule has 1 unspecified atom stereocenters. The highest BCUT2D eigenvalue weighted by Crippen LogP contribution is 2.31. The Hall–Kier alpha value is -3.78. The summed E-state index contributed by atoms with van der Waals surface area (Å²) in [6.45, 7) is -0.0983. The van der Waals surface area contributed by atoms with Gasteiger partial charge in [-0.1, -0.05) is 30.3 Å². The first-order chi connectivity index (χ1) is 17.1. The van der Waals surface area contributed by atoms with Crippen molar-refractivity contribution in [2.45, 2.75) is 44.8 Å². The summed E-state index contributed by atoms with van der Waals surface area (Å²) >= 11 is 1.54. The van der Waals surface area contributed by atoms with Gasteiger partial charge in [-0.3, -0.25) is 9.20 Å². The number of cyclic esters (lactones) is 1. The molecule has 6 rings (SSSR count). The topological polar surface area (TPSA) is 87.0 Å². The number of esters is 2. The number of benzene rings is 2. The van der Waals surface area contributed by atoms with Crippen LogP contribution >= 0.6 is 11.3 Å². The lowest BCUT2D eigenvalue weighted by molar-refractivity contribution is 0.0251. The van der Waals surface area contributed by atoms with Crippen LogP contribution in [0.4, 0.5) is 0 Å². The van der Waals surface area contributed by atoms with Crippen molar-refractivity contribution >= 4 is 28.2 Å². The molecule has 0 amide bonds. The Morgan fingerprint density at radius 2 is 1.91 bits per heavy atom. The number of fused-ring (bicyclic) bond motifs is 4. The predicted octanol–water partition coefficient (Wildman–Crippen LogP) is 4.45. The van der Waals surface area contributed by atoms with Crippen LogP contribution in [0.15, 0.2) is 59.4 Å². The maximum atomic E-state index is 12.8. The van der Waals surface area contributed by atoms with E-state index in [0.29, 0.717) is 28.2 Å². The average molecular weight is 487 g/mol. The number of ether oxygens (including phenoxy) is 2. The van der Waals surface area contributed by atoms with E-state index in [1.165, 1.54) is 10.9 Å². The van der Waals surface area contributed by atoms with Crippen LogP contribution in [-0.4, -0.2) is 21.3 Å². The van der Waals surface area contributed by atoms with Crippen LogP contribution < -0.4 is 5.56 Å². The number of thiazole rings is 1. The standard InChI is InChI=1S/C27H22N2O5S/c30-24-14-19(28-27-29(24)21-8-4-5-9-23(21)35-27)15-33-25(31)17-10-11-20-18(12-17)13-22(34-26(20)32)16-6-2-1-3-7-16/h1-3,6-7,10-12,14,22H,4-5,8-9,13,15H2. The van der Waals surface area contributed by atoms with Crippen LogP contribution in [-0.2, 0) is 35.3 Å². The Balaban J connectivity index is 1.20. The second-order valence-electron chi connectivity index (χ2n) is 8.84. The molecule has 1 aliphatic carbocycles. The highest BCUT2D eigenvalue weighted by molar-refractivity contribution is 7.17. The van der Waals surface area contributed by atoms with Crippen LogP contribution in [0.2, 0.25) is 0 Å². The number of carbonyl (C=O) groups is 2.